The number of nitrogens with zero attached hydrogens (tertiary/aromatic N) is 3. The Morgan fingerprint density at radius 2 is 1.92 bits per heavy atom. The molecule has 24 heavy (non-hydrogen) atoms. The Morgan fingerprint density at radius 3 is 2.62 bits per heavy atom. The zero-order valence-electron chi connectivity index (χ0n) is 13.4. The van der Waals surface area contributed by atoms with Crippen molar-refractivity contribution in [3.8, 4) is 16.5 Å². The molecular weight excluding hydrogens is 318 g/mol. The molecule has 0 spiro atoms. The van der Waals surface area contributed by atoms with E-state index in [0.717, 1.165) is 17.1 Å². The first-order valence-electron chi connectivity index (χ1n) is 8.57. The fourth-order valence-corrected chi connectivity index (χ4v) is 4.85. The van der Waals surface area contributed by atoms with Gasteiger partial charge in [-0.3, -0.25) is 4.90 Å². The SMILES string of the molecule is c1ccc2sc(-c3ccc(O[C@H]4CN5CCC4CC5)nn3)cc2c1. The van der Waals surface area contributed by atoms with Crippen molar-refractivity contribution in [1.82, 2.24) is 15.1 Å². The molecule has 5 heterocycles. The first-order valence-corrected chi connectivity index (χ1v) is 9.38. The maximum Gasteiger partial charge on any atom is 0.233 e. The van der Waals surface area contributed by atoms with Crippen molar-refractivity contribution in [2.45, 2.75) is 18.9 Å². The van der Waals surface area contributed by atoms with Crippen LogP contribution >= 0.6 is 11.3 Å². The number of rotatable bonds is 3. The minimum Gasteiger partial charge on any atom is -0.472 e. The van der Waals surface area contributed by atoms with Crippen molar-refractivity contribution in [2.24, 2.45) is 5.92 Å². The Hall–Kier alpha value is -1.98. The van der Waals surface area contributed by atoms with Crippen LogP contribution in [-0.4, -0.2) is 40.8 Å². The zero-order chi connectivity index (χ0) is 15.9. The van der Waals surface area contributed by atoms with E-state index in [4.69, 9.17) is 4.74 Å². The second kappa shape index (κ2) is 5.83. The fraction of sp³-hybridized carbons (Fsp3) is 0.368. The molecule has 122 valence electrons. The van der Waals surface area contributed by atoms with Crippen molar-refractivity contribution < 1.29 is 4.74 Å². The lowest BCUT2D eigenvalue weighted by Gasteiger charge is -2.44. The van der Waals surface area contributed by atoms with Crippen LogP contribution in [-0.2, 0) is 0 Å². The van der Waals surface area contributed by atoms with Gasteiger partial charge in [-0.2, -0.15) is 0 Å². The summed E-state index contributed by atoms with van der Waals surface area (Å²) in [5.74, 6) is 1.33. The highest BCUT2D eigenvalue weighted by Gasteiger charge is 2.35. The molecule has 0 N–H and O–H groups in total. The molecule has 0 radical (unpaired) electrons. The third kappa shape index (κ3) is 2.58. The standard InChI is InChI=1S/C19H19N3OS/c1-2-4-17-14(3-1)11-18(24-17)15-5-6-19(21-20-15)23-16-12-22-9-7-13(16)8-10-22/h1-6,11,13,16H,7-10,12H2/t16-/m0/s1. The first-order chi connectivity index (χ1) is 11.8. The van der Waals surface area contributed by atoms with Crippen LogP contribution in [0.5, 0.6) is 5.88 Å². The van der Waals surface area contributed by atoms with Crippen LogP contribution in [0.2, 0.25) is 0 Å². The topological polar surface area (TPSA) is 38.2 Å². The van der Waals surface area contributed by atoms with Gasteiger partial charge in [0.1, 0.15) is 11.8 Å². The normalized spacial score (nSPS) is 25.9. The molecule has 0 aliphatic carbocycles. The second-order valence-corrected chi connectivity index (χ2v) is 7.78. The van der Waals surface area contributed by atoms with E-state index in [0.29, 0.717) is 11.8 Å². The number of ether oxygens (including phenoxy) is 1. The lowest BCUT2D eigenvalue weighted by atomic mass is 9.86. The summed E-state index contributed by atoms with van der Waals surface area (Å²) in [4.78, 5) is 3.64. The number of fused-ring (bicyclic) bond motifs is 4. The summed E-state index contributed by atoms with van der Waals surface area (Å²) in [6.07, 6.45) is 2.77. The summed E-state index contributed by atoms with van der Waals surface area (Å²) >= 11 is 1.75. The van der Waals surface area contributed by atoms with Crippen LogP contribution in [0, 0.1) is 5.92 Å². The summed E-state index contributed by atoms with van der Waals surface area (Å²) in [5.41, 5.74) is 0.914. The minimum absolute atomic E-state index is 0.275. The van der Waals surface area contributed by atoms with Gasteiger partial charge in [0.05, 0.1) is 4.88 Å². The summed E-state index contributed by atoms with van der Waals surface area (Å²) < 4.78 is 7.41. The zero-order valence-corrected chi connectivity index (χ0v) is 14.2. The Kier molecular flexibility index (Phi) is 3.49. The van der Waals surface area contributed by atoms with Gasteiger partial charge in [-0.05, 0) is 55.4 Å². The maximum atomic E-state index is 6.13. The molecule has 3 fully saturated rings. The van der Waals surface area contributed by atoms with Crippen LogP contribution in [0.3, 0.4) is 0 Å². The average molecular weight is 337 g/mol. The highest BCUT2D eigenvalue weighted by atomic mass is 32.1. The Labute approximate surface area is 145 Å². The van der Waals surface area contributed by atoms with Gasteiger partial charge in [0, 0.05) is 17.3 Å². The van der Waals surface area contributed by atoms with E-state index >= 15 is 0 Å². The first kappa shape index (κ1) is 14.4. The fourth-order valence-electron chi connectivity index (χ4n) is 3.82. The lowest BCUT2D eigenvalue weighted by Crippen LogP contribution is -2.52. The monoisotopic (exact) mass is 337 g/mol. The average Bonchev–Trinajstić information content (AvgIpc) is 3.07. The van der Waals surface area contributed by atoms with Gasteiger partial charge in [0.25, 0.3) is 0 Å². The number of piperidine rings is 3. The van der Waals surface area contributed by atoms with E-state index in [1.165, 1.54) is 36.0 Å². The predicted octanol–water partition coefficient (Wildman–Crippen LogP) is 3.83. The molecule has 3 saturated heterocycles. The number of benzene rings is 1. The smallest absolute Gasteiger partial charge is 0.233 e. The Bertz CT molecular complexity index is 819. The Balaban J connectivity index is 1.35. The summed E-state index contributed by atoms with van der Waals surface area (Å²) in [6, 6.07) is 14.6. The molecule has 3 aromatic rings. The molecule has 0 unspecified atom stereocenters. The van der Waals surface area contributed by atoms with Crippen molar-refractivity contribution in [1.29, 1.82) is 0 Å². The largest absolute Gasteiger partial charge is 0.472 e. The van der Waals surface area contributed by atoms with Crippen LogP contribution in [0.4, 0.5) is 0 Å². The minimum atomic E-state index is 0.275. The van der Waals surface area contributed by atoms with E-state index in [9.17, 15) is 0 Å². The summed E-state index contributed by atoms with van der Waals surface area (Å²) in [5, 5.41) is 9.97. The van der Waals surface area contributed by atoms with Crippen molar-refractivity contribution >= 4 is 21.4 Å². The molecule has 5 heteroatoms. The molecule has 3 aliphatic rings. The number of hydrogen-bond donors (Lipinski definition) is 0. The van der Waals surface area contributed by atoms with E-state index in [-0.39, 0.29) is 6.10 Å². The predicted molar refractivity (Wildman–Crippen MR) is 96.4 cm³/mol. The van der Waals surface area contributed by atoms with E-state index in [1.807, 2.05) is 12.1 Å². The van der Waals surface area contributed by atoms with Crippen LogP contribution in [0.1, 0.15) is 12.8 Å². The molecule has 1 atom stereocenters. The van der Waals surface area contributed by atoms with Crippen molar-refractivity contribution in [3.05, 3.63) is 42.5 Å². The highest BCUT2D eigenvalue weighted by Crippen LogP contribution is 2.33. The third-order valence-electron chi connectivity index (χ3n) is 5.19. The van der Waals surface area contributed by atoms with Crippen molar-refractivity contribution in [3.63, 3.8) is 0 Å². The van der Waals surface area contributed by atoms with Gasteiger partial charge in [-0.1, -0.05) is 18.2 Å². The van der Waals surface area contributed by atoms with Gasteiger partial charge < -0.3 is 4.74 Å². The third-order valence-corrected chi connectivity index (χ3v) is 6.32. The highest BCUT2D eigenvalue weighted by molar-refractivity contribution is 7.22. The molecule has 2 bridgehead atoms. The van der Waals surface area contributed by atoms with Gasteiger partial charge >= 0.3 is 0 Å². The van der Waals surface area contributed by atoms with Gasteiger partial charge in [-0.25, -0.2) is 0 Å². The van der Waals surface area contributed by atoms with Gasteiger partial charge in [-0.15, -0.1) is 21.5 Å². The molecule has 3 aliphatic heterocycles. The van der Waals surface area contributed by atoms with Crippen LogP contribution in [0.15, 0.2) is 42.5 Å². The second-order valence-electron chi connectivity index (χ2n) is 6.70. The number of aromatic nitrogens is 2. The Morgan fingerprint density at radius 1 is 1.04 bits per heavy atom. The van der Waals surface area contributed by atoms with E-state index in [1.54, 1.807) is 11.3 Å². The quantitative estimate of drug-likeness (QED) is 0.728. The van der Waals surface area contributed by atoms with Gasteiger partial charge in [0.2, 0.25) is 5.88 Å². The molecule has 1 aromatic carbocycles. The van der Waals surface area contributed by atoms with E-state index < -0.39 is 0 Å². The van der Waals surface area contributed by atoms with Crippen LogP contribution < -0.4 is 4.74 Å². The van der Waals surface area contributed by atoms with Gasteiger partial charge in [0.15, 0.2) is 0 Å². The molecule has 0 saturated carbocycles. The van der Waals surface area contributed by atoms with E-state index in [2.05, 4.69) is 45.4 Å². The molecular formula is C19H19N3OS. The van der Waals surface area contributed by atoms with Crippen LogP contribution in [0.25, 0.3) is 20.7 Å². The molecule has 4 nitrogen and oxygen atoms in total. The van der Waals surface area contributed by atoms with Crippen molar-refractivity contribution in [2.75, 3.05) is 19.6 Å². The number of thiophene rings is 1. The number of hydrogen-bond acceptors (Lipinski definition) is 5. The molecule has 2 aromatic heterocycles. The summed E-state index contributed by atoms with van der Waals surface area (Å²) in [7, 11) is 0. The maximum absolute atomic E-state index is 6.13. The molecule has 6 rings (SSSR count). The molecule has 0 amide bonds. The summed E-state index contributed by atoms with van der Waals surface area (Å²) in [6.45, 7) is 3.48. The lowest BCUT2D eigenvalue weighted by molar-refractivity contribution is -0.0103.